The summed E-state index contributed by atoms with van der Waals surface area (Å²) in [5.74, 6) is -2.32. The fourth-order valence-corrected chi connectivity index (χ4v) is 1.51. The predicted octanol–water partition coefficient (Wildman–Crippen LogP) is 2.89. The Hall–Kier alpha value is -1.49. The van der Waals surface area contributed by atoms with Crippen LogP contribution in [0, 0.1) is 5.82 Å². The fourth-order valence-electron chi connectivity index (χ4n) is 1.14. The molecule has 0 amide bonds. The molecule has 1 aromatic rings. The van der Waals surface area contributed by atoms with Gasteiger partial charge in [-0.3, -0.25) is 4.79 Å². The third-order valence-corrected chi connectivity index (χ3v) is 2.46. The molecule has 0 heterocycles. The van der Waals surface area contributed by atoms with Gasteiger partial charge in [0.25, 0.3) is 0 Å². The minimum absolute atomic E-state index is 0.131. The van der Waals surface area contributed by atoms with Gasteiger partial charge in [0.1, 0.15) is 11.4 Å². The van der Waals surface area contributed by atoms with Gasteiger partial charge in [-0.15, -0.1) is 0 Å². The summed E-state index contributed by atoms with van der Waals surface area (Å²) in [7, 11) is 0. The second-order valence-corrected chi connectivity index (χ2v) is 4.07. The van der Waals surface area contributed by atoms with E-state index in [0.29, 0.717) is 4.47 Å². The van der Waals surface area contributed by atoms with Crippen molar-refractivity contribution in [2.24, 2.45) is 0 Å². The molecule has 1 rings (SSSR count). The van der Waals surface area contributed by atoms with Crippen molar-refractivity contribution in [3.63, 3.8) is 0 Å². The summed E-state index contributed by atoms with van der Waals surface area (Å²) in [6.45, 7) is 5.05. The van der Waals surface area contributed by atoms with Crippen LogP contribution >= 0.6 is 15.9 Å². The van der Waals surface area contributed by atoms with E-state index in [2.05, 4.69) is 27.2 Å². The maximum absolute atomic E-state index is 13.4. The van der Waals surface area contributed by atoms with Crippen molar-refractivity contribution < 1.29 is 18.7 Å². The molecule has 0 N–H and O–H groups in total. The lowest BCUT2D eigenvalue weighted by atomic mass is 10.0. The highest BCUT2D eigenvalue weighted by atomic mass is 79.9. The zero-order valence-corrected chi connectivity index (χ0v) is 10.7. The number of ether oxygens (including phenoxy) is 1. The molecule has 0 bridgehead atoms. The van der Waals surface area contributed by atoms with Crippen LogP contribution in [0.4, 0.5) is 4.39 Å². The summed E-state index contributed by atoms with van der Waals surface area (Å²) in [6, 6.07) is 3.89. The summed E-state index contributed by atoms with van der Waals surface area (Å²) in [4.78, 5) is 23.1. The quantitative estimate of drug-likeness (QED) is 0.282. The average Bonchev–Trinajstić information content (AvgIpc) is 2.30. The van der Waals surface area contributed by atoms with Crippen LogP contribution in [-0.4, -0.2) is 18.4 Å². The Morgan fingerprint density at radius 3 is 2.71 bits per heavy atom. The SMILES string of the molecule is C=C(C(=O)OCC)C(=O)c1cc(Br)ccc1F. The van der Waals surface area contributed by atoms with E-state index in [1.54, 1.807) is 6.92 Å². The van der Waals surface area contributed by atoms with Crippen LogP contribution in [0.15, 0.2) is 34.8 Å². The Morgan fingerprint density at radius 2 is 2.12 bits per heavy atom. The summed E-state index contributed by atoms with van der Waals surface area (Å²) in [5, 5.41) is 0. The number of ketones is 1. The van der Waals surface area contributed by atoms with Crippen molar-refractivity contribution >= 4 is 27.7 Å². The van der Waals surface area contributed by atoms with E-state index in [4.69, 9.17) is 0 Å². The van der Waals surface area contributed by atoms with Gasteiger partial charge in [-0.25, -0.2) is 9.18 Å². The molecule has 1 aromatic carbocycles. The predicted molar refractivity (Wildman–Crippen MR) is 64.2 cm³/mol. The Labute approximate surface area is 106 Å². The number of benzene rings is 1. The summed E-state index contributed by atoms with van der Waals surface area (Å²) in [6.07, 6.45) is 0. The summed E-state index contributed by atoms with van der Waals surface area (Å²) < 4.78 is 18.6. The summed E-state index contributed by atoms with van der Waals surface area (Å²) in [5.41, 5.74) is -0.596. The van der Waals surface area contributed by atoms with Gasteiger partial charge in [-0.05, 0) is 25.1 Å². The number of carbonyl (C=O) groups is 2. The van der Waals surface area contributed by atoms with Crippen molar-refractivity contribution in [2.75, 3.05) is 6.61 Å². The highest BCUT2D eigenvalue weighted by Gasteiger charge is 2.21. The van der Waals surface area contributed by atoms with Crippen molar-refractivity contribution in [1.29, 1.82) is 0 Å². The van der Waals surface area contributed by atoms with Gasteiger partial charge in [-0.2, -0.15) is 0 Å². The van der Waals surface area contributed by atoms with E-state index < -0.39 is 17.6 Å². The third kappa shape index (κ3) is 3.23. The van der Waals surface area contributed by atoms with Crippen LogP contribution in [0.5, 0.6) is 0 Å². The number of Topliss-reactive ketones (excluding diaryl/α,β-unsaturated/α-hetero) is 1. The van der Waals surface area contributed by atoms with Gasteiger partial charge < -0.3 is 4.74 Å². The lowest BCUT2D eigenvalue weighted by Crippen LogP contribution is -2.16. The Balaban J connectivity index is 3.00. The lowest BCUT2D eigenvalue weighted by molar-refractivity contribution is -0.138. The zero-order chi connectivity index (χ0) is 13.0. The van der Waals surface area contributed by atoms with Crippen molar-refractivity contribution in [2.45, 2.75) is 6.92 Å². The van der Waals surface area contributed by atoms with E-state index in [1.165, 1.54) is 12.1 Å². The van der Waals surface area contributed by atoms with Crippen molar-refractivity contribution in [3.8, 4) is 0 Å². The first-order valence-corrected chi connectivity index (χ1v) is 5.62. The fraction of sp³-hybridized carbons (Fsp3) is 0.167. The van der Waals surface area contributed by atoms with E-state index >= 15 is 0 Å². The van der Waals surface area contributed by atoms with Gasteiger partial charge in [-0.1, -0.05) is 22.5 Å². The minimum atomic E-state index is -0.836. The van der Waals surface area contributed by atoms with Gasteiger partial charge in [0.15, 0.2) is 0 Å². The zero-order valence-electron chi connectivity index (χ0n) is 9.13. The summed E-state index contributed by atoms with van der Waals surface area (Å²) >= 11 is 3.12. The van der Waals surface area contributed by atoms with Crippen LogP contribution in [-0.2, 0) is 9.53 Å². The highest BCUT2D eigenvalue weighted by molar-refractivity contribution is 9.10. The van der Waals surface area contributed by atoms with Crippen molar-refractivity contribution in [1.82, 2.24) is 0 Å². The van der Waals surface area contributed by atoms with Crippen LogP contribution in [0.2, 0.25) is 0 Å². The van der Waals surface area contributed by atoms with E-state index in [0.717, 1.165) is 6.07 Å². The molecule has 0 saturated heterocycles. The molecule has 5 heteroatoms. The molecule has 17 heavy (non-hydrogen) atoms. The largest absolute Gasteiger partial charge is 0.462 e. The number of hydrogen-bond donors (Lipinski definition) is 0. The number of halogens is 2. The second kappa shape index (κ2) is 5.72. The molecule has 0 aromatic heterocycles. The van der Waals surface area contributed by atoms with Gasteiger partial charge in [0.2, 0.25) is 5.78 Å². The lowest BCUT2D eigenvalue weighted by Gasteiger charge is -2.05. The van der Waals surface area contributed by atoms with Crippen molar-refractivity contribution in [3.05, 3.63) is 46.2 Å². The minimum Gasteiger partial charge on any atom is -0.462 e. The first kappa shape index (κ1) is 13.6. The maximum atomic E-state index is 13.4. The first-order valence-electron chi connectivity index (χ1n) is 4.83. The second-order valence-electron chi connectivity index (χ2n) is 3.15. The monoisotopic (exact) mass is 300 g/mol. The molecule has 0 radical (unpaired) electrons. The molecule has 0 unspecified atom stereocenters. The van der Waals surface area contributed by atoms with Gasteiger partial charge in [0, 0.05) is 4.47 Å². The average molecular weight is 301 g/mol. The van der Waals surface area contributed by atoms with Gasteiger partial charge in [0.05, 0.1) is 12.2 Å². The molecule has 0 saturated carbocycles. The van der Waals surface area contributed by atoms with Gasteiger partial charge >= 0.3 is 5.97 Å². The number of carbonyl (C=O) groups excluding carboxylic acids is 2. The van der Waals surface area contributed by atoms with Crippen LogP contribution in [0.25, 0.3) is 0 Å². The molecule has 0 atom stereocenters. The first-order chi connectivity index (χ1) is 7.97. The third-order valence-electron chi connectivity index (χ3n) is 1.97. The molecule has 0 aliphatic carbocycles. The standard InChI is InChI=1S/C12H10BrFO3/c1-3-17-12(16)7(2)11(15)9-6-8(13)4-5-10(9)14/h4-6H,2-3H2,1H3. The number of rotatable bonds is 4. The number of hydrogen-bond acceptors (Lipinski definition) is 3. The molecular weight excluding hydrogens is 291 g/mol. The normalized spacial score (nSPS) is 9.82. The van der Waals surface area contributed by atoms with E-state index in [9.17, 15) is 14.0 Å². The Bertz CT molecular complexity index is 483. The van der Waals surface area contributed by atoms with E-state index in [1.807, 2.05) is 0 Å². The Kier molecular flexibility index (Phi) is 4.57. The molecular formula is C12H10BrFO3. The molecule has 0 aliphatic rings. The van der Waals surface area contributed by atoms with Crippen LogP contribution in [0.1, 0.15) is 17.3 Å². The molecule has 0 spiro atoms. The smallest absolute Gasteiger partial charge is 0.341 e. The van der Waals surface area contributed by atoms with E-state index in [-0.39, 0.29) is 17.7 Å². The molecule has 0 aliphatic heterocycles. The topological polar surface area (TPSA) is 43.4 Å². The highest BCUT2D eigenvalue weighted by Crippen LogP contribution is 2.18. The molecule has 0 fully saturated rings. The van der Waals surface area contributed by atoms with Crippen LogP contribution in [0.3, 0.4) is 0 Å². The van der Waals surface area contributed by atoms with Crippen LogP contribution < -0.4 is 0 Å². The number of esters is 1. The molecule has 90 valence electrons. The Morgan fingerprint density at radius 1 is 1.47 bits per heavy atom. The maximum Gasteiger partial charge on any atom is 0.341 e. The molecule has 3 nitrogen and oxygen atoms in total.